The molecule has 0 spiro atoms. The Morgan fingerprint density at radius 2 is 1.19 bits per heavy atom. The second-order valence-corrected chi connectivity index (χ2v) is 12.2. The first kappa shape index (κ1) is 37.7. The molecule has 1 aliphatic rings. The summed E-state index contributed by atoms with van der Waals surface area (Å²) in [5.74, 6) is 1.27. The molecule has 0 fully saturated rings. The van der Waals surface area contributed by atoms with Crippen LogP contribution in [0.1, 0.15) is 56.5 Å². The van der Waals surface area contributed by atoms with Crippen LogP contribution in [0.15, 0.2) is 94.2 Å². The molecule has 1 aromatic heterocycles. The Labute approximate surface area is 306 Å². The van der Waals surface area contributed by atoms with E-state index in [-0.39, 0.29) is 5.78 Å². The number of nitrogens with one attached hydrogen (secondary N) is 4. The average Bonchev–Trinajstić information content (AvgIpc) is 3.18. The Bertz CT molecular complexity index is 1780. The van der Waals surface area contributed by atoms with Gasteiger partial charge in [0.15, 0.2) is 0 Å². The lowest BCUT2D eigenvalue weighted by Crippen LogP contribution is -2.26. The fourth-order valence-corrected chi connectivity index (χ4v) is 5.60. The van der Waals surface area contributed by atoms with E-state index in [4.69, 9.17) is 0 Å². The van der Waals surface area contributed by atoms with E-state index in [1.54, 1.807) is 12.1 Å². The van der Waals surface area contributed by atoms with Crippen molar-refractivity contribution >= 4 is 58.2 Å². The van der Waals surface area contributed by atoms with Crippen LogP contribution in [0.5, 0.6) is 0 Å². The number of rotatable bonds is 20. The fraction of sp³-hybridized carbons (Fsp3) is 0.359. The maximum atomic E-state index is 13.4. The predicted molar refractivity (Wildman–Crippen MR) is 213 cm³/mol. The minimum atomic E-state index is -0.169. The van der Waals surface area contributed by atoms with E-state index in [1.165, 1.54) is 0 Å². The van der Waals surface area contributed by atoms with Gasteiger partial charge in [0.2, 0.25) is 23.6 Å². The molecule has 0 unspecified atom stereocenters. The molecular formula is C39H50N12O. The number of hydrogen-bond donors (Lipinski definition) is 4. The Balaban J connectivity index is 1.22. The molecule has 0 amide bonds. The molecule has 5 rings (SSSR count). The quantitative estimate of drug-likeness (QED) is 0.0406. The largest absolute Gasteiger partial charge is 0.354 e. The molecule has 0 bridgehead atoms. The van der Waals surface area contributed by atoms with E-state index in [0.29, 0.717) is 34.8 Å². The molecule has 4 N–H and O–H groups in total. The summed E-state index contributed by atoms with van der Waals surface area (Å²) < 4.78 is 0. The zero-order chi connectivity index (χ0) is 36.5. The Hall–Kier alpha value is -5.53. The van der Waals surface area contributed by atoms with Gasteiger partial charge in [-0.25, -0.2) is 0 Å². The van der Waals surface area contributed by atoms with E-state index in [0.717, 1.165) is 87.8 Å². The number of Topliss-reactive ketones (excluding diaryl/α,β-unsaturated/α-hetero) is 1. The predicted octanol–water partition coefficient (Wildman–Crippen LogP) is 8.00. The van der Waals surface area contributed by atoms with Gasteiger partial charge in [0.05, 0.1) is 17.1 Å². The second-order valence-electron chi connectivity index (χ2n) is 12.2. The molecule has 0 radical (unpaired) electrons. The van der Waals surface area contributed by atoms with Crippen LogP contribution >= 0.6 is 0 Å². The maximum Gasteiger partial charge on any atom is 0.233 e. The number of hydrazone groups is 1. The van der Waals surface area contributed by atoms with Crippen LogP contribution < -0.4 is 21.4 Å². The second kappa shape index (κ2) is 19.8. The monoisotopic (exact) mass is 702 g/mol. The first-order valence-corrected chi connectivity index (χ1v) is 18.2. The number of carbonyl (C=O) groups is 1. The zero-order valence-electron chi connectivity index (χ0n) is 30.6. The molecule has 4 aromatic rings. The van der Waals surface area contributed by atoms with E-state index in [2.05, 4.69) is 89.2 Å². The van der Waals surface area contributed by atoms with Crippen LogP contribution in [0.25, 0.3) is 6.08 Å². The summed E-state index contributed by atoms with van der Waals surface area (Å²) in [4.78, 5) is 32.1. The van der Waals surface area contributed by atoms with E-state index >= 15 is 0 Å². The van der Waals surface area contributed by atoms with Crippen LogP contribution in [0, 0.1) is 0 Å². The van der Waals surface area contributed by atoms with Crippen LogP contribution in [-0.4, -0.2) is 88.6 Å². The van der Waals surface area contributed by atoms with Gasteiger partial charge in [-0.05, 0) is 118 Å². The van der Waals surface area contributed by atoms with Gasteiger partial charge in [-0.15, -0.1) is 0 Å². The highest BCUT2D eigenvalue weighted by atomic mass is 16.1. The first-order chi connectivity index (χ1) is 25.5. The van der Waals surface area contributed by atoms with Crippen LogP contribution in [0.3, 0.4) is 0 Å². The Kier molecular flexibility index (Phi) is 14.3. The number of anilines is 5. The van der Waals surface area contributed by atoms with Gasteiger partial charge in [-0.2, -0.15) is 30.3 Å². The maximum absolute atomic E-state index is 13.4. The van der Waals surface area contributed by atoms with Crippen molar-refractivity contribution in [3.8, 4) is 0 Å². The van der Waals surface area contributed by atoms with Crippen LogP contribution in [0.4, 0.5) is 40.6 Å². The molecule has 0 saturated carbocycles. The van der Waals surface area contributed by atoms with Gasteiger partial charge in [0.25, 0.3) is 0 Å². The summed E-state index contributed by atoms with van der Waals surface area (Å²) in [6.45, 7) is 16.4. The van der Waals surface area contributed by atoms with E-state index in [1.807, 2.05) is 72.8 Å². The third-order valence-electron chi connectivity index (χ3n) is 8.71. The lowest BCUT2D eigenvalue weighted by molar-refractivity contribution is 0.106. The number of hydrogen-bond acceptors (Lipinski definition) is 13. The summed E-state index contributed by atoms with van der Waals surface area (Å²) in [6.07, 6.45) is 5.55. The standard InChI is InChI=1S/C39H50N12O/c1-5-50(6-2)26-12-24-40-37-43-38(41-25-13-27-51(7-3)8-4)45-39(44-37)42-33-21-22-34-29(28-33)16-23-35(36(34)52)49-48-32-19-17-31(18-20-32)47-46-30-14-10-9-11-15-30/h9-11,14-23,28,48H,5-8,12-13,24-27H2,1-4H3,(H3,40,41,42,43,44,45)/b47-46+,49-35-. The number of carbonyl (C=O) groups excluding carboxylic acids is 1. The van der Waals surface area contributed by atoms with Crippen molar-refractivity contribution in [1.29, 1.82) is 0 Å². The van der Waals surface area contributed by atoms with Gasteiger partial charge in [-0.1, -0.05) is 52.0 Å². The number of ketones is 1. The van der Waals surface area contributed by atoms with Crippen molar-refractivity contribution in [2.24, 2.45) is 15.3 Å². The molecule has 3 aromatic carbocycles. The molecule has 272 valence electrons. The topological polar surface area (TPSA) is 147 Å². The third-order valence-corrected chi connectivity index (χ3v) is 8.71. The molecule has 52 heavy (non-hydrogen) atoms. The number of benzene rings is 3. The van der Waals surface area contributed by atoms with Gasteiger partial charge >= 0.3 is 0 Å². The molecule has 1 heterocycles. The van der Waals surface area contributed by atoms with Gasteiger partial charge in [0.1, 0.15) is 5.71 Å². The normalized spacial score (nSPS) is 13.3. The van der Waals surface area contributed by atoms with Gasteiger partial charge in [-0.3, -0.25) is 10.2 Å². The lowest BCUT2D eigenvalue weighted by Gasteiger charge is -2.18. The zero-order valence-corrected chi connectivity index (χ0v) is 30.6. The highest BCUT2D eigenvalue weighted by Gasteiger charge is 2.20. The summed E-state index contributed by atoms with van der Waals surface area (Å²) in [5, 5.41) is 23.0. The van der Waals surface area contributed by atoms with E-state index in [9.17, 15) is 4.79 Å². The van der Waals surface area contributed by atoms with Crippen LogP contribution in [-0.2, 0) is 0 Å². The highest BCUT2D eigenvalue weighted by molar-refractivity contribution is 6.52. The molecule has 0 atom stereocenters. The summed E-state index contributed by atoms with van der Waals surface area (Å²) in [6, 6.07) is 22.5. The average molecular weight is 703 g/mol. The number of aromatic nitrogens is 3. The summed E-state index contributed by atoms with van der Waals surface area (Å²) >= 11 is 0. The van der Waals surface area contributed by atoms with Crippen molar-refractivity contribution in [2.75, 3.05) is 73.7 Å². The highest BCUT2D eigenvalue weighted by Crippen LogP contribution is 2.25. The molecule has 1 aliphatic carbocycles. The van der Waals surface area contributed by atoms with E-state index < -0.39 is 0 Å². The van der Waals surface area contributed by atoms with Crippen molar-refractivity contribution in [1.82, 2.24) is 24.8 Å². The molecular weight excluding hydrogens is 653 g/mol. The minimum absolute atomic E-state index is 0.169. The molecule has 13 nitrogen and oxygen atoms in total. The molecule has 0 saturated heterocycles. The number of nitrogens with zero attached hydrogens (tertiary/aromatic N) is 8. The van der Waals surface area contributed by atoms with Crippen molar-refractivity contribution < 1.29 is 4.79 Å². The minimum Gasteiger partial charge on any atom is -0.354 e. The van der Waals surface area contributed by atoms with Crippen LogP contribution in [0.2, 0.25) is 0 Å². The first-order valence-electron chi connectivity index (χ1n) is 18.2. The lowest BCUT2D eigenvalue weighted by atomic mass is 9.94. The molecule has 0 aliphatic heterocycles. The smallest absolute Gasteiger partial charge is 0.233 e. The van der Waals surface area contributed by atoms with Crippen molar-refractivity contribution in [3.05, 3.63) is 90.0 Å². The number of fused-ring (bicyclic) bond motifs is 1. The Morgan fingerprint density at radius 3 is 1.79 bits per heavy atom. The summed E-state index contributed by atoms with van der Waals surface area (Å²) in [5.41, 5.74) is 7.61. The van der Waals surface area contributed by atoms with Crippen molar-refractivity contribution in [2.45, 2.75) is 40.5 Å². The molecule has 13 heteroatoms. The number of azo groups is 1. The summed E-state index contributed by atoms with van der Waals surface area (Å²) in [7, 11) is 0. The van der Waals surface area contributed by atoms with Gasteiger partial charge in [0, 0.05) is 24.3 Å². The SMILES string of the molecule is CCN(CC)CCCNc1nc(NCCCN(CC)CC)nc(Nc2ccc3c(c2)C=C/C(=N/Nc2ccc(/N=N/c4ccccc4)cc2)C3=O)n1. The number of allylic oxidation sites excluding steroid dienone is 1. The third kappa shape index (κ3) is 11.2. The fourth-order valence-electron chi connectivity index (χ4n) is 5.60. The van der Waals surface area contributed by atoms with Gasteiger partial charge < -0.3 is 25.8 Å². The van der Waals surface area contributed by atoms with Crippen molar-refractivity contribution in [3.63, 3.8) is 0 Å². The Morgan fingerprint density at radius 1 is 0.635 bits per heavy atom.